The van der Waals surface area contributed by atoms with E-state index in [-0.39, 0.29) is 29.6 Å². The molecule has 0 saturated heterocycles. The summed E-state index contributed by atoms with van der Waals surface area (Å²) < 4.78 is 83.4. The molecule has 0 heterocycles. The second-order valence-electron chi connectivity index (χ2n) is 10.9. The maximum atomic E-state index is 14.3. The van der Waals surface area contributed by atoms with E-state index in [1.807, 2.05) is 0 Å². The van der Waals surface area contributed by atoms with Crippen molar-refractivity contribution < 1.29 is 35.6 Å². The van der Waals surface area contributed by atoms with E-state index >= 15 is 0 Å². The molecule has 7 nitrogen and oxygen atoms in total. The fourth-order valence-corrected chi connectivity index (χ4v) is 6.23. The Labute approximate surface area is 265 Å². The summed E-state index contributed by atoms with van der Waals surface area (Å²) in [4.78, 5) is 28.9. The molecule has 4 aromatic carbocycles. The Morgan fingerprint density at radius 2 is 1.41 bits per heavy atom. The Morgan fingerprint density at radius 1 is 0.804 bits per heavy atom. The number of nitrogens with zero attached hydrogens (tertiary/aromatic N) is 2. The summed E-state index contributed by atoms with van der Waals surface area (Å²) in [5, 5.41) is 2.81. The summed E-state index contributed by atoms with van der Waals surface area (Å²) >= 11 is 0. The fourth-order valence-electron chi connectivity index (χ4n) is 4.81. The van der Waals surface area contributed by atoms with Gasteiger partial charge in [-0.1, -0.05) is 66.7 Å². The van der Waals surface area contributed by atoms with Gasteiger partial charge in [0, 0.05) is 19.0 Å². The van der Waals surface area contributed by atoms with Crippen LogP contribution in [0.5, 0.6) is 0 Å². The molecule has 0 saturated carbocycles. The van der Waals surface area contributed by atoms with Gasteiger partial charge in [0.15, 0.2) is 0 Å². The summed E-state index contributed by atoms with van der Waals surface area (Å²) in [7, 11) is -4.58. The second kappa shape index (κ2) is 14.6. The van der Waals surface area contributed by atoms with Gasteiger partial charge >= 0.3 is 6.18 Å². The van der Waals surface area contributed by atoms with Crippen LogP contribution >= 0.6 is 0 Å². The van der Waals surface area contributed by atoms with Crippen molar-refractivity contribution in [3.8, 4) is 0 Å². The van der Waals surface area contributed by atoms with Crippen LogP contribution in [0.15, 0.2) is 114 Å². The minimum atomic E-state index is -4.79. The van der Waals surface area contributed by atoms with Crippen LogP contribution in [0, 0.1) is 5.82 Å². The molecular weight excluding hydrogens is 622 g/mol. The maximum Gasteiger partial charge on any atom is 0.416 e. The number of alkyl halides is 3. The number of sulfonamides is 1. The van der Waals surface area contributed by atoms with Crippen molar-refractivity contribution in [1.29, 1.82) is 0 Å². The standard InChI is InChI=1S/C34H33F4N3O4S/c1-24(2)39-33(43)31(20-25-10-5-3-6-11-25)40(22-26-16-18-28(35)19-17-26)32(42)23-41(46(44,45)30-14-7-4-8-15-30)29-13-9-12-27(21-29)34(36,37)38/h3-19,21,24,31H,20,22-23H2,1-2H3,(H,39,43)/t31-/m0/s1. The van der Waals surface area contributed by atoms with Crippen LogP contribution in [0.3, 0.4) is 0 Å². The molecule has 0 bridgehead atoms. The lowest BCUT2D eigenvalue weighted by atomic mass is 10.0. The maximum absolute atomic E-state index is 14.3. The molecule has 0 aliphatic carbocycles. The third-order valence-electron chi connectivity index (χ3n) is 7.04. The topological polar surface area (TPSA) is 86.8 Å². The van der Waals surface area contributed by atoms with E-state index in [0.29, 0.717) is 21.5 Å². The Bertz CT molecular complexity index is 1730. The van der Waals surface area contributed by atoms with Crippen molar-refractivity contribution in [2.75, 3.05) is 10.8 Å². The normalized spacial score (nSPS) is 12.4. The number of nitrogens with one attached hydrogen (secondary N) is 1. The minimum Gasteiger partial charge on any atom is -0.352 e. The Balaban J connectivity index is 1.83. The average molecular weight is 656 g/mol. The summed E-state index contributed by atoms with van der Waals surface area (Å²) in [6.45, 7) is 2.33. The number of anilines is 1. The second-order valence-corrected chi connectivity index (χ2v) is 12.8. The highest BCUT2D eigenvalue weighted by Crippen LogP contribution is 2.33. The van der Waals surface area contributed by atoms with Crippen molar-refractivity contribution in [2.24, 2.45) is 0 Å². The summed E-state index contributed by atoms with van der Waals surface area (Å²) in [6, 6.07) is 23.3. The van der Waals surface area contributed by atoms with Gasteiger partial charge in [-0.3, -0.25) is 13.9 Å². The molecule has 242 valence electrons. The van der Waals surface area contributed by atoms with Crippen molar-refractivity contribution in [3.63, 3.8) is 0 Å². The van der Waals surface area contributed by atoms with Gasteiger partial charge in [0.2, 0.25) is 11.8 Å². The smallest absolute Gasteiger partial charge is 0.352 e. The number of amides is 2. The summed E-state index contributed by atoms with van der Waals surface area (Å²) in [6.07, 6.45) is -4.74. The highest BCUT2D eigenvalue weighted by Gasteiger charge is 2.36. The first-order chi connectivity index (χ1) is 21.8. The van der Waals surface area contributed by atoms with Gasteiger partial charge in [0.1, 0.15) is 18.4 Å². The number of rotatable bonds is 12. The number of carbonyl (C=O) groups excluding carboxylic acids is 2. The molecule has 0 radical (unpaired) electrons. The molecule has 0 aromatic heterocycles. The highest BCUT2D eigenvalue weighted by atomic mass is 32.2. The SMILES string of the molecule is CC(C)NC(=O)[C@H](Cc1ccccc1)N(Cc1ccc(F)cc1)C(=O)CN(c1cccc(C(F)(F)F)c1)S(=O)(=O)c1ccccc1. The molecule has 4 rings (SSSR count). The van der Waals surface area contributed by atoms with Crippen molar-refractivity contribution in [3.05, 3.63) is 132 Å². The van der Waals surface area contributed by atoms with Crippen molar-refractivity contribution in [2.45, 2.75) is 50.0 Å². The van der Waals surface area contributed by atoms with E-state index < -0.39 is 52.0 Å². The predicted octanol–water partition coefficient (Wildman–Crippen LogP) is 6.20. The molecule has 12 heteroatoms. The molecule has 46 heavy (non-hydrogen) atoms. The summed E-state index contributed by atoms with van der Waals surface area (Å²) in [5.74, 6) is -1.91. The number of hydrogen-bond acceptors (Lipinski definition) is 4. The molecule has 1 atom stereocenters. The molecule has 2 amide bonds. The molecule has 0 spiro atoms. The van der Waals surface area contributed by atoms with E-state index in [9.17, 15) is 35.6 Å². The van der Waals surface area contributed by atoms with Crippen LogP contribution in [0.2, 0.25) is 0 Å². The largest absolute Gasteiger partial charge is 0.416 e. The summed E-state index contributed by atoms with van der Waals surface area (Å²) in [5.41, 5.74) is -0.344. The molecule has 0 aliphatic rings. The van der Waals surface area contributed by atoms with Gasteiger partial charge in [0.25, 0.3) is 10.0 Å². The van der Waals surface area contributed by atoms with Crippen molar-refractivity contribution in [1.82, 2.24) is 10.2 Å². The Hall–Kier alpha value is -4.71. The Morgan fingerprint density at radius 3 is 2.00 bits per heavy atom. The van der Waals surface area contributed by atoms with E-state index in [1.165, 1.54) is 59.5 Å². The van der Waals surface area contributed by atoms with Crippen LogP contribution in [-0.4, -0.2) is 43.8 Å². The zero-order valence-electron chi connectivity index (χ0n) is 25.1. The first-order valence-electron chi connectivity index (χ1n) is 14.4. The molecule has 0 aliphatic heterocycles. The number of benzene rings is 4. The molecule has 1 N–H and O–H groups in total. The molecule has 0 unspecified atom stereocenters. The van der Waals surface area contributed by atoms with Gasteiger partial charge in [-0.25, -0.2) is 12.8 Å². The van der Waals surface area contributed by atoms with E-state index in [2.05, 4.69) is 5.32 Å². The van der Waals surface area contributed by atoms with Crippen LogP contribution in [0.4, 0.5) is 23.2 Å². The molecule has 0 fully saturated rings. The monoisotopic (exact) mass is 655 g/mol. The Kier molecular flexibility index (Phi) is 10.8. The molecule has 4 aromatic rings. The lowest BCUT2D eigenvalue weighted by molar-refractivity contribution is -0.140. The van der Waals surface area contributed by atoms with Gasteiger partial charge in [-0.2, -0.15) is 13.2 Å². The fraction of sp³-hybridized carbons (Fsp3) is 0.235. The van der Waals surface area contributed by atoms with Gasteiger partial charge in [-0.15, -0.1) is 0 Å². The highest BCUT2D eigenvalue weighted by molar-refractivity contribution is 7.92. The van der Waals surface area contributed by atoms with Crippen LogP contribution in [0.25, 0.3) is 0 Å². The zero-order chi connectivity index (χ0) is 33.5. The average Bonchev–Trinajstić information content (AvgIpc) is 3.02. The first-order valence-corrected chi connectivity index (χ1v) is 15.8. The van der Waals surface area contributed by atoms with Crippen LogP contribution in [0.1, 0.15) is 30.5 Å². The van der Waals surface area contributed by atoms with E-state index in [1.54, 1.807) is 50.2 Å². The van der Waals surface area contributed by atoms with E-state index in [4.69, 9.17) is 0 Å². The third-order valence-corrected chi connectivity index (χ3v) is 8.83. The number of halogens is 4. The van der Waals surface area contributed by atoms with Gasteiger partial charge in [0.05, 0.1) is 16.1 Å². The predicted molar refractivity (Wildman–Crippen MR) is 167 cm³/mol. The lowest BCUT2D eigenvalue weighted by Gasteiger charge is -2.34. The minimum absolute atomic E-state index is 0.0430. The van der Waals surface area contributed by atoms with Gasteiger partial charge in [-0.05, 0) is 67.4 Å². The third kappa shape index (κ3) is 8.72. The van der Waals surface area contributed by atoms with Gasteiger partial charge < -0.3 is 10.2 Å². The number of carbonyl (C=O) groups is 2. The van der Waals surface area contributed by atoms with Crippen LogP contribution < -0.4 is 9.62 Å². The number of hydrogen-bond donors (Lipinski definition) is 1. The lowest BCUT2D eigenvalue weighted by Crippen LogP contribution is -2.54. The zero-order valence-corrected chi connectivity index (χ0v) is 25.9. The van der Waals surface area contributed by atoms with E-state index in [0.717, 1.165) is 12.1 Å². The van der Waals surface area contributed by atoms with Crippen molar-refractivity contribution >= 4 is 27.5 Å². The quantitative estimate of drug-likeness (QED) is 0.184. The first kappa shape index (κ1) is 34.2. The molecular formula is C34H33F4N3O4S. The van der Waals surface area contributed by atoms with Crippen LogP contribution in [-0.2, 0) is 38.8 Å².